The molecule has 0 radical (unpaired) electrons. The van der Waals surface area contributed by atoms with E-state index < -0.39 is 0 Å². The van der Waals surface area contributed by atoms with Crippen molar-refractivity contribution in [3.63, 3.8) is 0 Å². The number of likely N-dealkylation sites (tertiary alicyclic amines) is 1. The molecule has 2 atom stereocenters. The quantitative estimate of drug-likeness (QED) is 0.676. The fourth-order valence-electron chi connectivity index (χ4n) is 2.64. The highest BCUT2D eigenvalue weighted by molar-refractivity contribution is 5.83. The van der Waals surface area contributed by atoms with Gasteiger partial charge in [0.15, 0.2) is 0 Å². The number of aliphatic hydroxyl groups excluding tert-OH is 1. The fraction of sp³-hybridized carbons (Fsp3) is 0.909. The third-order valence-corrected chi connectivity index (χ3v) is 3.82. The highest BCUT2D eigenvalue weighted by atomic mass is 16.3. The highest BCUT2D eigenvalue weighted by Crippen LogP contribution is 2.32. The van der Waals surface area contributed by atoms with E-state index in [9.17, 15) is 9.90 Å². The minimum atomic E-state index is -0.308. The van der Waals surface area contributed by atoms with Crippen LogP contribution >= 0.6 is 0 Å². The van der Waals surface area contributed by atoms with Crippen LogP contribution in [0, 0.1) is 5.41 Å². The van der Waals surface area contributed by atoms with Gasteiger partial charge in [0.1, 0.15) is 0 Å². The molecular formula is C11H20N2O2. The van der Waals surface area contributed by atoms with Crippen LogP contribution in [-0.4, -0.2) is 48.2 Å². The summed E-state index contributed by atoms with van der Waals surface area (Å²) in [6.45, 7) is 5.07. The van der Waals surface area contributed by atoms with Gasteiger partial charge in [0.05, 0.1) is 11.5 Å². The van der Waals surface area contributed by atoms with E-state index in [0.717, 1.165) is 38.9 Å². The summed E-state index contributed by atoms with van der Waals surface area (Å²) in [7, 11) is 0. The Morgan fingerprint density at radius 3 is 2.93 bits per heavy atom. The molecule has 0 aromatic heterocycles. The van der Waals surface area contributed by atoms with Crippen molar-refractivity contribution in [2.75, 3.05) is 26.2 Å². The van der Waals surface area contributed by atoms with Gasteiger partial charge in [-0.05, 0) is 25.8 Å². The number of β-amino-alcohol motifs (C(OH)–C–C–N with tert-alkyl or cyclic N) is 1. The van der Waals surface area contributed by atoms with E-state index in [1.54, 1.807) is 0 Å². The van der Waals surface area contributed by atoms with Crippen molar-refractivity contribution >= 4 is 5.91 Å². The third-order valence-electron chi connectivity index (χ3n) is 3.82. The Morgan fingerprint density at radius 2 is 2.47 bits per heavy atom. The first kappa shape index (κ1) is 10.9. The molecule has 2 saturated heterocycles. The van der Waals surface area contributed by atoms with Gasteiger partial charge in [-0.1, -0.05) is 6.92 Å². The van der Waals surface area contributed by atoms with Gasteiger partial charge in [-0.15, -0.1) is 0 Å². The lowest BCUT2D eigenvalue weighted by atomic mass is 9.83. The Morgan fingerprint density at radius 1 is 1.67 bits per heavy atom. The lowest BCUT2D eigenvalue weighted by Gasteiger charge is -2.30. The molecule has 1 amide bonds. The minimum Gasteiger partial charge on any atom is -0.391 e. The van der Waals surface area contributed by atoms with E-state index in [0.29, 0.717) is 6.54 Å². The molecule has 2 N–H and O–H groups in total. The lowest BCUT2D eigenvalue weighted by molar-refractivity contribution is -0.140. The maximum absolute atomic E-state index is 12.3. The predicted molar refractivity (Wildman–Crippen MR) is 57.4 cm³/mol. The third kappa shape index (κ3) is 1.88. The van der Waals surface area contributed by atoms with Crippen LogP contribution in [0.2, 0.25) is 0 Å². The normalized spacial score (nSPS) is 36.1. The lowest BCUT2D eigenvalue weighted by Crippen LogP contribution is -2.44. The topological polar surface area (TPSA) is 52.6 Å². The largest absolute Gasteiger partial charge is 0.391 e. The monoisotopic (exact) mass is 212 g/mol. The number of carbonyl (C=O) groups is 1. The molecule has 15 heavy (non-hydrogen) atoms. The number of hydrogen-bond donors (Lipinski definition) is 2. The van der Waals surface area contributed by atoms with Crippen LogP contribution in [0.15, 0.2) is 0 Å². The van der Waals surface area contributed by atoms with Crippen LogP contribution in [0.3, 0.4) is 0 Å². The van der Waals surface area contributed by atoms with Gasteiger partial charge in [-0.2, -0.15) is 0 Å². The number of carbonyl (C=O) groups excluding carboxylic acids is 1. The zero-order chi connectivity index (χ0) is 10.9. The van der Waals surface area contributed by atoms with Gasteiger partial charge in [0.25, 0.3) is 0 Å². The van der Waals surface area contributed by atoms with Gasteiger partial charge in [0, 0.05) is 19.6 Å². The van der Waals surface area contributed by atoms with Crippen LogP contribution in [0.25, 0.3) is 0 Å². The molecular weight excluding hydrogens is 192 g/mol. The molecule has 2 fully saturated rings. The second-order valence-electron chi connectivity index (χ2n) is 4.75. The summed E-state index contributed by atoms with van der Waals surface area (Å²) >= 11 is 0. The average molecular weight is 212 g/mol. The molecule has 2 aliphatic rings. The number of nitrogens with zero attached hydrogens (tertiary/aromatic N) is 1. The van der Waals surface area contributed by atoms with E-state index in [-0.39, 0.29) is 17.4 Å². The number of aliphatic hydroxyl groups is 1. The van der Waals surface area contributed by atoms with Crippen molar-refractivity contribution in [2.45, 2.75) is 32.3 Å². The zero-order valence-electron chi connectivity index (χ0n) is 9.33. The number of rotatable bonds is 2. The van der Waals surface area contributed by atoms with Gasteiger partial charge in [0.2, 0.25) is 5.91 Å². The van der Waals surface area contributed by atoms with Gasteiger partial charge in [-0.25, -0.2) is 0 Å². The SMILES string of the molecule is CCC1(C(=O)N2CCC(O)C2)CCNC1. The highest BCUT2D eigenvalue weighted by Gasteiger charge is 2.43. The Bertz CT molecular complexity index is 249. The molecule has 0 spiro atoms. The van der Waals surface area contributed by atoms with Gasteiger partial charge < -0.3 is 15.3 Å². The Labute approximate surface area is 90.6 Å². The summed E-state index contributed by atoms with van der Waals surface area (Å²) < 4.78 is 0. The molecule has 86 valence electrons. The van der Waals surface area contributed by atoms with Gasteiger partial charge in [-0.3, -0.25) is 4.79 Å². The van der Waals surface area contributed by atoms with Crippen LogP contribution in [0.1, 0.15) is 26.2 Å². The molecule has 4 heteroatoms. The van der Waals surface area contributed by atoms with Crippen molar-refractivity contribution < 1.29 is 9.90 Å². The molecule has 2 heterocycles. The van der Waals surface area contributed by atoms with E-state index in [1.165, 1.54) is 0 Å². The summed E-state index contributed by atoms with van der Waals surface area (Å²) in [5.41, 5.74) is -0.190. The second-order valence-corrected chi connectivity index (χ2v) is 4.75. The van der Waals surface area contributed by atoms with Crippen molar-refractivity contribution in [1.82, 2.24) is 10.2 Å². The van der Waals surface area contributed by atoms with Crippen LogP contribution < -0.4 is 5.32 Å². The maximum Gasteiger partial charge on any atom is 0.230 e. The maximum atomic E-state index is 12.3. The van der Waals surface area contributed by atoms with Crippen LogP contribution in [0.4, 0.5) is 0 Å². The molecule has 0 bridgehead atoms. The second kappa shape index (κ2) is 4.10. The van der Waals surface area contributed by atoms with Crippen molar-refractivity contribution in [1.29, 1.82) is 0 Å². The molecule has 2 unspecified atom stereocenters. The predicted octanol–water partition coefficient (Wildman–Crippen LogP) is -0.0307. The van der Waals surface area contributed by atoms with Crippen LogP contribution in [0.5, 0.6) is 0 Å². The zero-order valence-corrected chi connectivity index (χ0v) is 9.33. The summed E-state index contributed by atoms with van der Waals surface area (Å²) in [6.07, 6.45) is 2.26. The number of hydrogen-bond acceptors (Lipinski definition) is 3. The Balaban J connectivity index is 2.05. The van der Waals surface area contributed by atoms with Crippen LogP contribution in [-0.2, 0) is 4.79 Å². The summed E-state index contributed by atoms with van der Waals surface area (Å²) in [5.74, 6) is 0.242. The van der Waals surface area contributed by atoms with Crippen molar-refractivity contribution in [2.24, 2.45) is 5.41 Å². The number of nitrogens with one attached hydrogen (secondary N) is 1. The molecule has 0 aliphatic carbocycles. The van der Waals surface area contributed by atoms with E-state index in [2.05, 4.69) is 12.2 Å². The number of amides is 1. The summed E-state index contributed by atoms with van der Waals surface area (Å²) in [4.78, 5) is 14.2. The molecule has 2 aliphatic heterocycles. The minimum absolute atomic E-state index is 0.190. The summed E-state index contributed by atoms with van der Waals surface area (Å²) in [6, 6.07) is 0. The van der Waals surface area contributed by atoms with Crippen molar-refractivity contribution in [3.8, 4) is 0 Å². The van der Waals surface area contributed by atoms with Gasteiger partial charge >= 0.3 is 0 Å². The first-order chi connectivity index (χ1) is 7.18. The first-order valence-electron chi connectivity index (χ1n) is 5.86. The fourth-order valence-corrected chi connectivity index (χ4v) is 2.64. The van der Waals surface area contributed by atoms with E-state index >= 15 is 0 Å². The van der Waals surface area contributed by atoms with E-state index in [4.69, 9.17) is 0 Å². The molecule has 0 aromatic carbocycles. The standard InChI is InChI=1S/C11H20N2O2/c1-2-11(4-5-12-8-11)10(15)13-6-3-9(14)7-13/h9,12,14H,2-8H2,1H3. The molecule has 0 saturated carbocycles. The Kier molecular flexibility index (Phi) is 2.98. The molecule has 4 nitrogen and oxygen atoms in total. The molecule has 2 rings (SSSR count). The van der Waals surface area contributed by atoms with E-state index in [1.807, 2.05) is 4.90 Å². The smallest absolute Gasteiger partial charge is 0.230 e. The Hall–Kier alpha value is -0.610. The summed E-state index contributed by atoms with van der Waals surface area (Å²) in [5, 5.41) is 12.7. The van der Waals surface area contributed by atoms with Crippen molar-refractivity contribution in [3.05, 3.63) is 0 Å². The first-order valence-corrected chi connectivity index (χ1v) is 5.86. The molecule has 0 aromatic rings. The average Bonchev–Trinajstić information content (AvgIpc) is 2.86.